The molecule has 0 aliphatic heterocycles. The minimum Gasteiger partial charge on any atom is -0.389 e. The van der Waals surface area contributed by atoms with Crippen LogP contribution in [0.5, 0.6) is 0 Å². The van der Waals surface area contributed by atoms with Crippen LogP contribution >= 0.6 is 11.3 Å². The summed E-state index contributed by atoms with van der Waals surface area (Å²) in [5.74, 6) is -0.607. The Bertz CT molecular complexity index is 494. The van der Waals surface area contributed by atoms with Crippen LogP contribution in [0.3, 0.4) is 0 Å². The van der Waals surface area contributed by atoms with Gasteiger partial charge in [-0.25, -0.2) is 4.98 Å². The van der Waals surface area contributed by atoms with E-state index in [-0.39, 0.29) is 5.69 Å². The monoisotopic (exact) mass is 220 g/mol. The molecular formula is C9H8N4OS. The predicted molar refractivity (Wildman–Crippen MR) is 58.3 cm³/mol. The number of nitrogen functional groups attached to an aromatic ring is 1. The van der Waals surface area contributed by atoms with Crippen molar-refractivity contribution in [3.05, 3.63) is 30.2 Å². The number of amides is 1. The Morgan fingerprint density at radius 1 is 1.33 bits per heavy atom. The molecule has 0 bridgehead atoms. The van der Waals surface area contributed by atoms with Crippen LogP contribution in [0.4, 0.5) is 5.00 Å². The third-order valence-corrected chi connectivity index (χ3v) is 2.75. The van der Waals surface area contributed by atoms with Gasteiger partial charge in [0, 0.05) is 18.0 Å². The van der Waals surface area contributed by atoms with Crippen molar-refractivity contribution in [3.8, 4) is 10.6 Å². The van der Waals surface area contributed by atoms with Crippen LogP contribution in [-0.4, -0.2) is 15.9 Å². The first-order valence-corrected chi connectivity index (χ1v) is 4.96. The Morgan fingerprint density at radius 3 is 2.53 bits per heavy atom. The highest BCUT2D eigenvalue weighted by Gasteiger charge is 2.13. The third-order valence-electron chi connectivity index (χ3n) is 1.81. The van der Waals surface area contributed by atoms with Gasteiger partial charge in [-0.15, -0.1) is 0 Å². The normalized spacial score (nSPS) is 10.1. The van der Waals surface area contributed by atoms with Gasteiger partial charge in [0.15, 0.2) is 5.69 Å². The Kier molecular flexibility index (Phi) is 2.34. The van der Waals surface area contributed by atoms with E-state index in [1.807, 2.05) is 0 Å². The highest BCUT2D eigenvalue weighted by Crippen LogP contribution is 2.29. The number of rotatable bonds is 2. The van der Waals surface area contributed by atoms with E-state index < -0.39 is 5.91 Å². The van der Waals surface area contributed by atoms with Crippen LogP contribution in [0.1, 0.15) is 10.5 Å². The minimum atomic E-state index is -0.607. The van der Waals surface area contributed by atoms with Gasteiger partial charge in [0.2, 0.25) is 0 Å². The topological polar surface area (TPSA) is 94.9 Å². The number of carbonyl (C=O) groups excluding carboxylic acids is 1. The van der Waals surface area contributed by atoms with Crippen molar-refractivity contribution in [2.24, 2.45) is 5.73 Å². The van der Waals surface area contributed by atoms with Crippen molar-refractivity contribution in [2.75, 3.05) is 5.73 Å². The first-order chi connectivity index (χ1) is 7.18. The standard InChI is InChI=1S/C9H8N4OS/c10-7(14)6-8(11)15-9(13-6)5-1-3-12-4-2-5/h1-4H,11H2,(H2,10,14). The van der Waals surface area contributed by atoms with Crippen LogP contribution in [0.2, 0.25) is 0 Å². The van der Waals surface area contributed by atoms with Gasteiger partial charge in [-0.1, -0.05) is 11.3 Å². The predicted octanol–water partition coefficient (Wildman–Crippen LogP) is 0.886. The van der Waals surface area contributed by atoms with Gasteiger partial charge in [0.1, 0.15) is 10.0 Å². The summed E-state index contributed by atoms with van der Waals surface area (Å²) in [7, 11) is 0. The summed E-state index contributed by atoms with van der Waals surface area (Å²) in [5.41, 5.74) is 11.7. The minimum absolute atomic E-state index is 0.131. The molecule has 5 nitrogen and oxygen atoms in total. The summed E-state index contributed by atoms with van der Waals surface area (Å²) in [5, 5.41) is 1.01. The van der Waals surface area contributed by atoms with Crippen LogP contribution < -0.4 is 11.5 Å². The zero-order valence-corrected chi connectivity index (χ0v) is 8.49. The molecule has 76 valence electrons. The van der Waals surface area contributed by atoms with E-state index in [0.717, 1.165) is 5.56 Å². The summed E-state index contributed by atoms with van der Waals surface area (Å²) in [6.45, 7) is 0. The number of pyridine rings is 1. The molecule has 2 aromatic rings. The van der Waals surface area contributed by atoms with E-state index in [0.29, 0.717) is 10.0 Å². The average molecular weight is 220 g/mol. The van der Waals surface area contributed by atoms with E-state index in [2.05, 4.69) is 9.97 Å². The average Bonchev–Trinajstić information content (AvgIpc) is 2.62. The van der Waals surface area contributed by atoms with Crippen molar-refractivity contribution < 1.29 is 4.79 Å². The van der Waals surface area contributed by atoms with Crippen LogP contribution in [-0.2, 0) is 0 Å². The molecule has 0 aromatic carbocycles. The lowest BCUT2D eigenvalue weighted by Crippen LogP contribution is -2.13. The number of anilines is 1. The molecule has 0 aliphatic carbocycles. The quantitative estimate of drug-likeness (QED) is 0.785. The molecule has 1 amide bonds. The first kappa shape index (κ1) is 9.60. The van der Waals surface area contributed by atoms with Crippen molar-refractivity contribution >= 4 is 22.2 Å². The summed E-state index contributed by atoms with van der Waals surface area (Å²) >= 11 is 1.23. The molecule has 0 fully saturated rings. The SMILES string of the molecule is NC(=O)c1nc(-c2ccncc2)sc1N. The maximum absolute atomic E-state index is 10.9. The van der Waals surface area contributed by atoms with Gasteiger partial charge in [0.25, 0.3) is 5.91 Å². The lowest BCUT2D eigenvalue weighted by molar-refractivity contribution is 0.0997. The molecule has 0 saturated heterocycles. The number of primary amides is 1. The summed E-state index contributed by atoms with van der Waals surface area (Å²) in [4.78, 5) is 18.9. The molecule has 0 aliphatic rings. The van der Waals surface area contributed by atoms with Gasteiger partial charge >= 0.3 is 0 Å². The molecule has 2 aromatic heterocycles. The molecule has 2 rings (SSSR count). The Morgan fingerprint density at radius 2 is 2.00 bits per heavy atom. The number of hydrogen-bond donors (Lipinski definition) is 2. The molecule has 4 N–H and O–H groups in total. The second-order valence-electron chi connectivity index (χ2n) is 2.83. The van der Waals surface area contributed by atoms with E-state index in [9.17, 15) is 4.79 Å². The van der Waals surface area contributed by atoms with Crippen LogP contribution in [0, 0.1) is 0 Å². The fourth-order valence-corrected chi connectivity index (χ4v) is 1.97. The van der Waals surface area contributed by atoms with Crippen molar-refractivity contribution in [1.82, 2.24) is 9.97 Å². The van der Waals surface area contributed by atoms with Crippen LogP contribution in [0.15, 0.2) is 24.5 Å². The van der Waals surface area contributed by atoms with Crippen molar-refractivity contribution in [1.29, 1.82) is 0 Å². The number of carbonyl (C=O) groups is 1. The summed E-state index contributed by atoms with van der Waals surface area (Å²) in [6, 6.07) is 3.59. The second kappa shape index (κ2) is 3.66. The third kappa shape index (κ3) is 1.79. The van der Waals surface area contributed by atoms with Gasteiger partial charge in [-0.05, 0) is 12.1 Å². The molecule has 0 saturated carbocycles. The molecular weight excluding hydrogens is 212 g/mol. The van der Waals surface area contributed by atoms with E-state index in [1.165, 1.54) is 11.3 Å². The highest BCUT2D eigenvalue weighted by molar-refractivity contribution is 7.19. The zero-order chi connectivity index (χ0) is 10.8. The maximum Gasteiger partial charge on any atom is 0.270 e. The van der Waals surface area contributed by atoms with Gasteiger partial charge in [0.05, 0.1) is 0 Å². The second-order valence-corrected chi connectivity index (χ2v) is 3.86. The number of hydrogen-bond acceptors (Lipinski definition) is 5. The number of aromatic nitrogens is 2. The summed E-state index contributed by atoms with van der Waals surface area (Å²) < 4.78 is 0. The Labute approximate surface area is 89.8 Å². The Balaban J connectivity index is 2.48. The molecule has 0 atom stereocenters. The fourth-order valence-electron chi connectivity index (χ4n) is 1.13. The van der Waals surface area contributed by atoms with E-state index in [4.69, 9.17) is 11.5 Å². The van der Waals surface area contributed by atoms with E-state index in [1.54, 1.807) is 24.5 Å². The zero-order valence-electron chi connectivity index (χ0n) is 7.68. The largest absolute Gasteiger partial charge is 0.389 e. The fraction of sp³-hybridized carbons (Fsp3) is 0. The lowest BCUT2D eigenvalue weighted by Gasteiger charge is -1.92. The van der Waals surface area contributed by atoms with Crippen molar-refractivity contribution in [3.63, 3.8) is 0 Å². The molecule has 0 radical (unpaired) electrons. The number of nitrogens with zero attached hydrogens (tertiary/aromatic N) is 2. The highest BCUT2D eigenvalue weighted by atomic mass is 32.1. The van der Waals surface area contributed by atoms with Crippen molar-refractivity contribution in [2.45, 2.75) is 0 Å². The van der Waals surface area contributed by atoms with E-state index >= 15 is 0 Å². The van der Waals surface area contributed by atoms with Crippen LogP contribution in [0.25, 0.3) is 10.6 Å². The van der Waals surface area contributed by atoms with Gasteiger partial charge in [-0.3, -0.25) is 9.78 Å². The van der Waals surface area contributed by atoms with Gasteiger partial charge < -0.3 is 11.5 Å². The summed E-state index contributed by atoms with van der Waals surface area (Å²) in [6.07, 6.45) is 3.30. The molecule has 0 spiro atoms. The molecule has 2 heterocycles. The Hall–Kier alpha value is -1.95. The molecule has 6 heteroatoms. The number of thiazole rings is 1. The smallest absolute Gasteiger partial charge is 0.270 e. The maximum atomic E-state index is 10.9. The number of nitrogens with two attached hydrogens (primary N) is 2. The lowest BCUT2D eigenvalue weighted by atomic mass is 10.3. The molecule has 0 unspecified atom stereocenters. The molecule has 15 heavy (non-hydrogen) atoms. The first-order valence-electron chi connectivity index (χ1n) is 4.15. The van der Waals surface area contributed by atoms with Gasteiger partial charge in [-0.2, -0.15) is 0 Å².